The first-order valence-corrected chi connectivity index (χ1v) is 8.28. The molecule has 2 aromatic rings. The standard InChI is InChI=1S/C15H12Br2ClN3O/c16-12-6-11(18)7-13(17)15(12)19-9-14(22)21-20-8-10-4-2-1-3-5-10/h1-8,19H,9H2,(H,21,22)/b20-8+. The molecule has 0 spiro atoms. The molecular weight excluding hydrogens is 433 g/mol. The Morgan fingerprint density at radius 2 is 1.82 bits per heavy atom. The molecule has 22 heavy (non-hydrogen) atoms. The van der Waals surface area contributed by atoms with Crippen molar-refractivity contribution in [3.8, 4) is 0 Å². The minimum absolute atomic E-state index is 0.0883. The lowest BCUT2D eigenvalue weighted by molar-refractivity contribution is -0.119. The first-order chi connectivity index (χ1) is 10.6. The smallest absolute Gasteiger partial charge is 0.259 e. The Morgan fingerprint density at radius 3 is 2.45 bits per heavy atom. The molecule has 2 rings (SSSR count). The Balaban J connectivity index is 1.87. The minimum atomic E-state index is -0.249. The highest BCUT2D eigenvalue weighted by Gasteiger charge is 2.08. The predicted octanol–water partition coefficient (Wildman–Crippen LogP) is 4.43. The number of halogens is 3. The third-order valence-corrected chi connectivity index (χ3v) is 4.10. The van der Waals surface area contributed by atoms with Gasteiger partial charge in [0.1, 0.15) is 0 Å². The zero-order chi connectivity index (χ0) is 15.9. The lowest BCUT2D eigenvalue weighted by atomic mass is 10.2. The summed E-state index contributed by atoms with van der Waals surface area (Å²) >= 11 is 12.7. The van der Waals surface area contributed by atoms with E-state index < -0.39 is 0 Å². The Labute approximate surface area is 150 Å². The Hall–Kier alpha value is -1.37. The number of hydrogen-bond acceptors (Lipinski definition) is 3. The largest absolute Gasteiger partial charge is 0.374 e. The molecule has 0 aromatic heterocycles. The molecule has 0 saturated carbocycles. The molecule has 0 fully saturated rings. The van der Waals surface area contributed by atoms with E-state index in [-0.39, 0.29) is 12.5 Å². The summed E-state index contributed by atoms with van der Waals surface area (Å²) in [7, 11) is 0. The van der Waals surface area contributed by atoms with Crippen LogP contribution >= 0.6 is 43.5 Å². The van der Waals surface area contributed by atoms with Crippen molar-refractivity contribution < 1.29 is 4.79 Å². The average molecular weight is 446 g/mol. The second kappa shape index (κ2) is 8.31. The number of benzene rings is 2. The van der Waals surface area contributed by atoms with E-state index in [0.717, 1.165) is 20.2 Å². The van der Waals surface area contributed by atoms with Crippen LogP contribution in [0.15, 0.2) is 56.5 Å². The first kappa shape index (κ1) is 17.0. The van der Waals surface area contributed by atoms with E-state index in [9.17, 15) is 4.79 Å². The van der Waals surface area contributed by atoms with Crippen LogP contribution in [-0.4, -0.2) is 18.7 Å². The summed E-state index contributed by atoms with van der Waals surface area (Å²) in [6, 6.07) is 13.0. The molecule has 0 saturated heterocycles. The van der Waals surface area contributed by atoms with Crippen molar-refractivity contribution in [2.45, 2.75) is 0 Å². The third kappa shape index (κ3) is 5.12. The highest BCUT2D eigenvalue weighted by atomic mass is 79.9. The molecular formula is C15H12Br2ClN3O. The van der Waals surface area contributed by atoms with Gasteiger partial charge in [-0.15, -0.1) is 0 Å². The molecule has 0 aliphatic rings. The molecule has 7 heteroatoms. The topological polar surface area (TPSA) is 53.5 Å². The van der Waals surface area contributed by atoms with Gasteiger partial charge in [-0.3, -0.25) is 4.79 Å². The highest BCUT2D eigenvalue weighted by Crippen LogP contribution is 2.33. The summed E-state index contributed by atoms with van der Waals surface area (Å²) in [6.07, 6.45) is 1.59. The molecule has 0 unspecified atom stereocenters. The first-order valence-electron chi connectivity index (χ1n) is 6.31. The van der Waals surface area contributed by atoms with Crippen LogP contribution in [0, 0.1) is 0 Å². The number of carbonyl (C=O) groups excluding carboxylic acids is 1. The summed E-state index contributed by atoms with van der Waals surface area (Å²) < 4.78 is 1.54. The van der Waals surface area contributed by atoms with Gasteiger partial charge < -0.3 is 5.32 Å². The summed E-state index contributed by atoms with van der Waals surface area (Å²) in [6.45, 7) is 0.0883. The maximum atomic E-state index is 11.8. The van der Waals surface area contributed by atoms with Crippen molar-refractivity contribution in [3.05, 3.63) is 62.0 Å². The van der Waals surface area contributed by atoms with Gasteiger partial charge in [-0.1, -0.05) is 41.9 Å². The number of carbonyl (C=O) groups is 1. The number of amides is 1. The van der Waals surface area contributed by atoms with E-state index in [2.05, 4.69) is 47.7 Å². The van der Waals surface area contributed by atoms with E-state index in [1.807, 2.05) is 30.3 Å². The maximum absolute atomic E-state index is 11.8. The molecule has 2 N–H and O–H groups in total. The SMILES string of the molecule is O=C(CNc1c(Br)cc(Cl)cc1Br)N/N=C/c1ccccc1. The van der Waals surface area contributed by atoms with E-state index >= 15 is 0 Å². The van der Waals surface area contributed by atoms with Gasteiger partial charge in [0, 0.05) is 14.0 Å². The number of hydrogen-bond donors (Lipinski definition) is 2. The molecule has 0 aliphatic carbocycles. The zero-order valence-corrected chi connectivity index (χ0v) is 15.2. The normalized spacial score (nSPS) is 10.7. The van der Waals surface area contributed by atoms with Crippen LogP contribution in [0.1, 0.15) is 5.56 Å². The van der Waals surface area contributed by atoms with Crippen molar-refractivity contribution in [1.29, 1.82) is 0 Å². The van der Waals surface area contributed by atoms with Gasteiger partial charge in [0.15, 0.2) is 0 Å². The average Bonchev–Trinajstić information content (AvgIpc) is 2.47. The number of rotatable bonds is 5. The van der Waals surface area contributed by atoms with Gasteiger partial charge in [0.25, 0.3) is 5.91 Å². The summed E-state index contributed by atoms with van der Waals surface area (Å²) in [5.74, 6) is -0.249. The Morgan fingerprint density at radius 1 is 1.18 bits per heavy atom. The zero-order valence-electron chi connectivity index (χ0n) is 11.3. The van der Waals surface area contributed by atoms with Gasteiger partial charge >= 0.3 is 0 Å². The van der Waals surface area contributed by atoms with Crippen LogP contribution < -0.4 is 10.7 Å². The van der Waals surface area contributed by atoms with Crippen LogP contribution in [0.2, 0.25) is 5.02 Å². The van der Waals surface area contributed by atoms with E-state index in [4.69, 9.17) is 11.6 Å². The van der Waals surface area contributed by atoms with E-state index in [1.54, 1.807) is 18.3 Å². The van der Waals surface area contributed by atoms with Crippen LogP contribution in [0.4, 0.5) is 5.69 Å². The lowest BCUT2D eigenvalue weighted by Gasteiger charge is -2.10. The van der Waals surface area contributed by atoms with Crippen LogP contribution in [-0.2, 0) is 4.79 Å². The summed E-state index contributed by atoms with van der Waals surface area (Å²) in [5, 5.41) is 7.52. The fourth-order valence-electron chi connectivity index (χ4n) is 1.64. The van der Waals surface area contributed by atoms with Crippen molar-refractivity contribution in [2.75, 3.05) is 11.9 Å². The molecule has 1 amide bonds. The summed E-state index contributed by atoms with van der Waals surface area (Å²) in [4.78, 5) is 11.8. The Kier molecular flexibility index (Phi) is 6.42. The van der Waals surface area contributed by atoms with E-state index in [1.165, 1.54) is 0 Å². The third-order valence-electron chi connectivity index (χ3n) is 2.64. The second-order valence-corrected chi connectivity index (χ2v) is 6.45. The van der Waals surface area contributed by atoms with Crippen LogP contribution in [0.3, 0.4) is 0 Å². The quantitative estimate of drug-likeness (QED) is 0.529. The molecule has 0 aliphatic heterocycles. The molecule has 4 nitrogen and oxygen atoms in total. The number of anilines is 1. The van der Waals surface area contributed by atoms with Crippen molar-refractivity contribution >= 4 is 61.3 Å². The Bertz CT molecular complexity index is 669. The summed E-state index contributed by atoms with van der Waals surface area (Å²) in [5.41, 5.74) is 4.13. The molecule has 0 heterocycles. The molecule has 0 atom stereocenters. The van der Waals surface area contributed by atoms with Crippen molar-refractivity contribution in [2.24, 2.45) is 5.10 Å². The fraction of sp³-hybridized carbons (Fsp3) is 0.0667. The molecule has 114 valence electrons. The van der Waals surface area contributed by atoms with Crippen LogP contribution in [0.25, 0.3) is 0 Å². The van der Waals surface area contributed by atoms with Gasteiger partial charge in [-0.05, 0) is 49.6 Å². The van der Waals surface area contributed by atoms with Crippen LogP contribution in [0.5, 0.6) is 0 Å². The number of nitrogens with one attached hydrogen (secondary N) is 2. The van der Waals surface area contributed by atoms with Gasteiger partial charge in [0.2, 0.25) is 0 Å². The fourth-order valence-corrected chi connectivity index (χ4v) is 3.59. The van der Waals surface area contributed by atoms with Gasteiger partial charge in [-0.2, -0.15) is 5.10 Å². The van der Waals surface area contributed by atoms with Gasteiger partial charge in [0.05, 0.1) is 18.4 Å². The van der Waals surface area contributed by atoms with Gasteiger partial charge in [-0.25, -0.2) is 5.43 Å². The lowest BCUT2D eigenvalue weighted by Crippen LogP contribution is -2.26. The van der Waals surface area contributed by atoms with Crippen molar-refractivity contribution in [1.82, 2.24) is 5.43 Å². The predicted molar refractivity (Wildman–Crippen MR) is 97.5 cm³/mol. The number of hydrazone groups is 1. The monoisotopic (exact) mass is 443 g/mol. The highest BCUT2D eigenvalue weighted by molar-refractivity contribution is 9.11. The number of nitrogens with zero attached hydrogens (tertiary/aromatic N) is 1. The van der Waals surface area contributed by atoms with E-state index in [0.29, 0.717) is 5.02 Å². The molecule has 0 radical (unpaired) electrons. The van der Waals surface area contributed by atoms with Crippen molar-refractivity contribution in [3.63, 3.8) is 0 Å². The molecule has 0 bridgehead atoms. The maximum Gasteiger partial charge on any atom is 0.259 e. The minimum Gasteiger partial charge on any atom is -0.374 e. The second-order valence-electron chi connectivity index (χ2n) is 4.30. The molecule has 2 aromatic carbocycles.